The second kappa shape index (κ2) is 4.62. The standard InChI is InChI=1S/C8H8N6OS/c9-5-1-2-6(10-4-5)3-7(15)11-8-12-13-14-16-8/h1-2,4H,3,9H2,(H,11,12,14,15). The summed E-state index contributed by atoms with van der Waals surface area (Å²) in [6.07, 6.45) is 1.68. The van der Waals surface area contributed by atoms with Crippen molar-refractivity contribution >= 4 is 28.3 Å². The molecule has 8 heteroatoms. The highest BCUT2D eigenvalue weighted by atomic mass is 32.1. The van der Waals surface area contributed by atoms with Crippen LogP contribution < -0.4 is 11.1 Å². The fraction of sp³-hybridized carbons (Fsp3) is 0.125. The number of nitrogen functional groups attached to an aromatic ring is 1. The lowest BCUT2D eigenvalue weighted by atomic mass is 10.2. The fourth-order valence-corrected chi connectivity index (χ4v) is 1.43. The number of rotatable bonds is 3. The van der Waals surface area contributed by atoms with Gasteiger partial charge in [0.1, 0.15) is 0 Å². The lowest BCUT2D eigenvalue weighted by molar-refractivity contribution is -0.115. The van der Waals surface area contributed by atoms with Crippen LogP contribution in [-0.4, -0.2) is 25.7 Å². The van der Waals surface area contributed by atoms with Gasteiger partial charge in [0.25, 0.3) is 0 Å². The number of amides is 1. The first-order valence-corrected chi connectivity index (χ1v) is 5.16. The molecule has 0 aliphatic rings. The largest absolute Gasteiger partial charge is 0.397 e. The van der Waals surface area contributed by atoms with Gasteiger partial charge >= 0.3 is 0 Å². The maximum Gasteiger partial charge on any atom is 0.232 e. The van der Waals surface area contributed by atoms with Gasteiger partial charge in [-0.2, -0.15) is 0 Å². The number of hydrogen-bond donors (Lipinski definition) is 2. The topological polar surface area (TPSA) is 107 Å². The Morgan fingerprint density at radius 3 is 3.00 bits per heavy atom. The van der Waals surface area contributed by atoms with E-state index in [-0.39, 0.29) is 12.3 Å². The first kappa shape index (κ1) is 10.4. The second-order valence-electron chi connectivity index (χ2n) is 2.98. The van der Waals surface area contributed by atoms with Gasteiger partial charge in [-0.3, -0.25) is 15.1 Å². The first-order chi connectivity index (χ1) is 7.74. The molecule has 0 bridgehead atoms. The zero-order chi connectivity index (χ0) is 11.4. The number of hydrogen-bond acceptors (Lipinski definition) is 7. The monoisotopic (exact) mass is 236 g/mol. The second-order valence-corrected chi connectivity index (χ2v) is 3.71. The van der Waals surface area contributed by atoms with E-state index in [0.29, 0.717) is 16.5 Å². The summed E-state index contributed by atoms with van der Waals surface area (Å²) in [5.74, 6) is -0.212. The number of carbonyl (C=O) groups excluding carboxylic acids is 1. The van der Waals surface area contributed by atoms with Crippen LogP contribution in [0, 0.1) is 0 Å². The van der Waals surface area contributed by atoms with Crippen molar-refractivity contribution in [3.05, 3.63) is 24.0 Å². The quantitative estimate of drug-likeness (QED) is 0.782. The summed E-state index contributed by atoms with van der Waals surface area (Å²) in [5.41, 5.74) is 6.69. The van der Waals surface area contributed by atoms with Gasteiger partial charge in [-0.25, -0.2) is 0 Å². The third-order valence-corrected chi connectivity index (χ3v) is 2.25. The van der Waals surface area contributed by atoms with E-state index in [9.17, 15) is 4.79 Å². The molecule has 2 aromatic heterocycles. The minimum Gasteiger partial charge on any atom is -0.397 e. The summed E-state index contributed by atoms with van der Waals surface area (Å²) in [7, 11) is 0. The van der Waals surface area contributed by atoms with E-state index in [2.05, 4.69) is 25.1 Å². The van der Waals surface area contributed by atoms with Gasteiger partial charge in [0.2, 0.25) is 11.0 Å². The van der Waals surface area contributed by atoms with E-state index in [4.69, 9.17) is 5.73 Å². The lowest BCUT2D eigenvalue weighted by Crippen LogP contribution is -2.15. The molecule has 0 fully saturated rings. The van der Waals surface area contributed by atoms with Gasteiger partial charge < -0.3 is 5.73 Å². The smallest absolute Gasteiger partial charge is 0.232 e. The first-order valence-electron chi connectivity index (χ1n) is 4.39. The Morgan fingerprint density at radius 1 is 1.50 bits per heavy atom. The van der Waals surface area contributed by atoms with Crippen LogP contribution in [0.5, 0.6) is 0 Å². The zero-order valence-electron chi connectivity index (χ0n) is 8.12. The SMILES string of the molecule is Nc1ccc(CC(=O)Nc2nnns2)nc1. The van der Waals surface area contributed by atoms with E-state index in [1.54, 1.807) is 12.1 Å². The van der Waals surface area contributed by atoms with E-state index in [0.717, 1.165) is 11.5 Å². The molecule has 0 aliphatic heterocycles. The Balaban J connectivity index is 1.95. The Morgan fingerprint density at radius 2 is 2.38 bits per heavy atom. The van der Waals surface area contributed by atoms with Gasteiger partial charge in [0.05, 0.1) is 18.3 Å². The van der Waals surface area contributed by atoms with E-state index < -0.39 is 0 Å². The van der Waals surface area contributed by atoms with Crippen LogP contribution >= 0.6 is 11.5 Å². The summed E-state index contributed by atoms with van der Waals surface area (Å²) < 4.78 is 3.53. The van der Waals surface area contributed by atoms with Crippen LogP contribution in [0.3, 0.4) is 0 Å². The Bertz CT molecular complexity index is 468. The molecule has 0 saturated heterocycles. The van der Waals surface area contributed by atoms with Gasteiger partial charge in [-0.1, -0.05) is 9.59 Å². The van der Waals surface area contributed by atoms with Crippen molar-refractivity contribution in [1.29, 1.82) is 0 Å². The molecule has 2 rings (SSSR count). The van der Waals surface area contributed by atoms with Gasteiger partial charge in [-0.05, 0) is 17.3 Å². The normalized spacial score (nSPS) is 10.0. The highest BCUT2D eigenvalue weighted by molar-refractivity contribution is 7.09. The summed E-state index contributed by atoms with van der Waals surface area (Å²) >= 11 is 1.02. The minimum atomic E-state index is -0.212. The van der Waals surface area contributed by atoms with Crippen molar-refractivity contribution in [2.24, 2.45) is 0 Å². The predicted molar refractivity (Wildman–Crippen MR) is 58.7 cm³/mol. The summed E-state index contributed by atoms with van der Waals surface area (Å²) in [5, 5.41) is 9.90. The van der Waals surface area contributed by atoms with Crippen molar-refractivity contribution in [1.82, 2.24) is 19.8 Å². The van der Waals surface area contributed by atoms with Crippen LogP contribution in [0.4, 0.5) is 10.8 Å². The molecule has 0 saturated carbocycles. The molecule has 16 heavy (non-hydrogen) atoms. The molecular formula is C8H8N6OS. The average Bonchev–Trinajstić information content (AvgIpc) is 2.74. The molecule has 0 atom stereocenters. The van der Waals surface area contributed by atoms with Gasteiger partial charge in [0.15, 0.2) is 0 Å². The van der Waals surface area contributed by atoms with E-state index in [1.807, 2.05) is 0 Å². The summed E-state index contributed by atoms with van der Waals surface area (Å²) in [6, 6.07) is 3.40. The van der Waals surface area contributed by atoms with Crippen LogP contribution in [0.1, 0.15) is 5.69 Å². The molecule has 2 heterocycles. The van der Waals surface area contributed by atoms with Gasteiger partial charge in [-0.15, -0.1) is 0 Å². The highest BCUT2D eigenvalue weighted by Gasteiger charge is 2.07. The molecule has 0 aliphatic carbocycles. The number of nitrogens with two attached hydrogens (primary N) is 1. The molecule has 0 aromatic carbocycles. The van der Waals surface area contributed by atoms with Crippen LogP contribution in [0.25, 0.3) is 0 Å². The Hall–Kier alpha value is -2.09. The summed E-state index contributed by atoms with van der Waals surface area (Å²) in [4.78, 5) is 15.5. The Labute approximate surface area is 94.9 Å². The number of carbonyl (C=O) groups is 1. The highest BCUT2D eigenvalue weighted by Crippen LogP contribution is 2.06. The lowest BCUT2D eigenvalue weighted by Gasteiger charge is -2.00. The number of anilines is 2. The molecule has 0 unspecified atom stereocenters. The maximum atomic E-state index is 11.5. The van der Waals surface area contributed by atoms with Crippen molar-refractivity contribution in [2.45, 2.75) is 6.42 Å². The number of nitrogens with zero attached hydrogens (tertiary/aromatic N) is 4. The minimum absolute atomic E-state index is 0.167. The van der Waals surface area contributed by atoms with Crippen LogP contribution in [-0.2, 0) is 11.2 Å². The molecule has 0 spiro atoms. The predicted octanol–water partition coefficient (Wildman–Crippen LogP) is 0.0915. The van der Waals surface area contributed by atoms with Crippen molar-refractivity contribution in [3.63, 3.8) is 0 Å². The number of nitrogens with one attached hydrogen (secondary N) is 1. The fourth-order valence-electron chi connectivity index (χ4n) is 1.05. The van der Waals surface area contributed by atoms with Crippen molar-refractivity contribution in [2.75, 3.05) is 11.1 Å². The van der Waals surface area contributed by atoms with E-state index in [1.165, 1.54) is 6.20 Å². The third kappa shape index (κ3) is 2.70. The molecule has 1 amide bonds. The average molecular weight is 236 g/mol. The van der Waals surface area contributed by atoms with Gasteiger partial charge in [0, 0.05) is 17.2 Å². The van der Waals surface area contributed by atoms with Crippen molar-refractivity contribution in [3.8, 4) is 0 Å². The molecule has 82 valence electrons. The third-order valence-electron chi connectivity index (χ3n) is 1.73. The maximum absolute atomic E-state index is 11.5. The van der Waals surface area contributed by atoms with Crippen LogP contribution in [0.2, 0.25) is 0 Å². The number of aromatic nitrogens is 4. The molecule has 0 radical (unpaired) electrons. The van der Waals surface area contributed by atoms with Crippen molar-refractivity contribution < 1.29 is 4.79 Å². The summed E-state index contributed by atoms with van der Waals surface area (Å²) in [6.45, 7) is 0. The molecule has 7 nitrogen and oxygen atoms in total. The Kier molecular flexibility index (Phi) is 3.01. The number of pyridine rings is 1. The van der Waals surface area contributed by atoms with Crippen LogP contribution in [0.15, 0.2) is 18.3 Å². The molecular weight excluding hydrogens is 228 g/mol. The van der Waals surface area contributed by atoms with E-state index >= 15 is 0 Å². The molecule has 2 aromatic rings. The molecule has 3 N–H and O–H groups in total. The zero-order valence-corrected chi connectivity index (χ0v) is 8.94.